The Hall–Kier alpha value is -1.19. The lowest BCUT2D eigenvalue weighted by Gasteiger charge is -2.25. The summed E-state index contributed by atoms with van der Waals surface area (Å²) in [4.78, 5) is 14.4. The van der Waals surface area contributed by atoms with E-state index >= 15 is 0 Å². The van der Waals surface area contributed by atoms with Crippen LogP contribution in [-0.2, 0) is 17.6 Å². The Balaban J connectivity index is 1.68. The van der Waals surface area contributed by atoms with Crippen LogP contribution >= 0.6 is 0 Å². The highest BCUT2D eigenvalue weighted by Crippen LogP contribution is 2.23. The van der Waals surface area contributed by atoms with E-state index in [9.17, 15) is 4.79 Å². The molecule has 0 radical (unpaired) electrons. The Morgan fingerprint density at radius 3 is 2.78 bits per heavy atom. The van der Waals surface area contributed by atoms with Gasteiger partial charge in [0.25, 0.3) is 0 Å². The van der Waals surface area contributed by atoms with Gasteiger partial charge >= 0.3 is 0 Å². The van der Waals surface area contributed by atoms with Crippen LogP contribution in [0.4, 0.5) is 0 Å². The summed E-state index contributed by atoms with van der Waals surface area (Å²) in [6, 6.07) is 6.23. The molecule has 96 valence electrons. The van der Waals surface area contributed by atoms with E-state index in [0.29, 0.717) is 6.54 Å². The molecule has 18 heavy (non-hydrogen) atoms. The van der Waals surface area contributed by atoms with Crippen molar-refractivity contribution in [2.45, 2.75) is 19.3 Å². The number of fused-ring (bicyclic) bond motifs is 1. The highest BCUT2D eigenvalue weighted by molar-refractivity contribution is 5.97. The number of nitrogens with zero attached hydrogens (tertiary/aromatic N) is 1. The van der Waals surface area contributed by atoms with Gasteiger partial charge in [-0.05, 0) is 36.5 Å². The van der Waals surface area contributed by atoms with Crippen molar-refractivity contribution >= 4 is 5.78 Å². The zero-order valence-electron chi connectivity index (χ0n) is 10.7. The average Bonchev–Trinajstić information content (AvgIpc) is 2.87. The number of Topliss-reactive ketones (excluding diaryl/α,β-unsaturated/α-hetero) is 1. The van der Waals surface area contributed by atoms with Gasteiger partial charge in [0.2, 0.25) is 0 Å². The molecular formula is C15H19NO2. The summed E-state index contributed by atoms with van der Waals surface area (Å²) in [6.45, 7) is 3.77. The number of hydrogen-bond donors (Lipinski definition) is 0. The smallest absolute Gasteiger partial charge is 0.176 e. The Labute approximate surface area is 108 Å². The molecule has 0 aromatic heterocycles. The first-order valence-electron chi connectivity index (χ1n) is 6.78. The van der Waals surface area contributed by atoms with E-state index in [2.05, 4.69) is 17.0 Å². The van der Waals surface area contributed by atoms with Crippen molar-refractivity contribution in [3.63, 3.8) is 0 Å². The predicted octanol–water partition coefficient (Wildman–Crippen LogP) is 1.69. The van der Waals surface area contributed by atoms with Gasteiger partial charge in [0.05, 0.1) is 19.8 Å². The molecule has 0 amide bonds. The molecule has 1 saturated heterocycles. The summed E-state index contributed by atoms with van der Waals surface area (Å²) in [5, 5.41) is 0. The molecule has 1 aliphatic heterocycles. The van der Waals surface area contributed by atoms with Crippen molar-refractivity contribution in [3.05, 3.63) is 34.9 Å². The summed E-state index contributed by atoms with van der Waals surface area (Å²) >= 11 is 0. The standard InChI is InChI=1S/C15H19NO2/c17-15(11-16-6-8-18-9-7-16)14-5-4-12-2-1-3-13(12)10-14/h4-5,10H,1-3,6-9,11H2. The fraction of sp³-hybridized carbons (Fsp3) is 0.533. The lowest BCUT2D eigenvalue weighted by Crippen LogP contribution is -2.39. The number of carbonyl (C=O) groups is 1. The Morgan fingerprint density at radius 2 is 1.94 bits per heavy atom. The number of hydrogen-bond acceptors (Lipinski definition) is 3. The molecule has 0 unspecified atom stereocenters. The second-order valence-corrected chi connectivity index (χ2v) is 5.15. The minimum absolute atomic E-state index is 0.242. The predicted molar refractivity (Wildman–Crippen MR) is 70.1 cm³/mol. The Kier molecular flexibility index (Phi) is 3.43. The average molecular weight is 245 g/mol. The normalized spacial score (nSPS) is 19.8. The highest BCUT2D eigenvalue weighted by atomic mass is 16.5. The van der Waals surface area contributed by atoms with Gasteiger partial charge < -0.3 is 4.74 Å². The molecule has 0 atom stereocenters. The first kappa shape index (κ1) is 11.9. The van der Waals surface area contributed by atoms with E-state index in [1.807, 2.05) is 6.07 Å². The summed E-state index contributed by atoms with van der Waals surface area (Å²) in [5.74, 6) is 0.242. The van der Waals surface area contributed by atoms with Crippen molar-refractivity contribution in [1.82, 2.24) is 4.90 Å². The maximum Gasteiger partial charge on any atom is 0.176 e. The van der Waals surface area contributed by atoms with Gasteiger partial charge in [-0.15, -0.1) is 0 Å². The Morgan fingerprint density at radius 1 is 1.17 bits per heavy atom. The zero-order chi connectivity index (χ0) is 12.4. The van der Waals surface area contributed by atoms with Crippen LogP contribution in [0, 0.1) is 0 Å². The number of rotatable bonds is 3. The van der Waals surface area contributed by atoms with Crippen LogP contribution in [0.15, 0.2) is 18.2 Å². The van der Waals surface area contributed by atoms with Crippen molar-refractivity contribution in [2.24, 2.45) is 0 Å². The molecule has 0 spiro atoms. The third-order valence-electron chi connectivity index (χ3n) is 3.89. The summed E-state index contributed by atoms with van der Waals surface area (Å²) < 4.78 is 5.29. The van der Waals surface area contributed by atoms with E-state index in [-0.39, 0.29) is 5.78 Å². The van der Waals surface area contributed by atoms with Gasteiger partial charge in [-0.1, -0.05) is 12.1 Å². The van der Waals surface area contributed by atoms with Gasteiger partial charge in [-0.3, -0.25) is 9.69 Å². The quantitative estimate of drug-likeness (QED) is 0.759. The van der Waals surface area contributed by atoms with Gasteiger partial charge in [-0.25, -0.2) is 0 Å². The van der Waals surface area contributed by atoms with Crippen LogP contribution < -0.4 is 0 Å². The highest BCUT2D eigenvalue weighted by Gasteiger charge is 2.17. The molecular weight excluding hydrogens is 226 g/mol. The molecule has 0 saturated carbocycles. The lowest BCUT2D eigenvalue weighted by atomic mass is 10.0. The summed E-state index contributed by atoms with van der Waals surface area (Å²) in [6.07, 6.45) is 3.54. The lowest BCUT2D eigenvalue weighted by molar-refractivity contribution is 0.0371. The Bertz CT molecular complexity index is 450. The van der Waals surface area contributed by atoms with Crippen molar-refractivity contribution in [1.29, 1.82) is 0 Å². The maximum absolute atomic E-state index is 12.2. The van der Waals surface area contributed by atoms with Gasteiger partial charge in [0.15, 0.2) is 5.78 Å². The number of ketones is 1. The molecule has 3 rings (SSSR count). The van der Waals surface area contributed by atoms with Crippen molar-refractivity contribution in [3.8, 4) is 0 Å². The number of aryl methyl sites for hydroxylation is 2. The third kappa shape index (κ3) is 2.47. The van der Waals surface area contributed by atoms with Crippen LogP contribution in [0.2, 0.25) is 0 Å². The van der Waals surface area contributed by atoms with E-state index in [1.165, 1.54) is 24.0 Å². The molecule has 1 heterocycles. The molecule has 1 aliphatic carbocycles. The van der Waals surface area contributed by atoms with Crippen LogP contribution in [0.25, 0.3) is 0 Å². The third-order valence-corrected chi connectivity index (χ3v) is 3.89. The van der Waals surface area contributed by atoms with Crippen molar-refractivity contribution in [2.75, 3.05) is 32.8 Å². The summed E-state index contributed by atoms with van der Waals surface area (Å²) in [7, 11) is 0. The largest absolute Gasteiger partial charge is 0.379 e. The van der Waals surface area contributed by atoms with Gasteiger partial charge in [0.1, 0.15) is 0 Å². The fourth-order valence-electron chi connectivity index (χ4n) is 2.80. The SMILES string of the molecule is O=C(CN1CCOCC1)c1ccc2c(c1)CCC2. The van der Waals surface area contributed by atoms with Crippen LogP contribution in [-0.4, -0.2) is 43.5 Å². The molecule has 2 aliphatic rings. The maximum atomic E-state index is 12.2. The molecule has 3 nitrogen and oxygen atoms in total. The monoisotopic (exact) mass is 245 g/mol. The number of morpholine rings is 1. The van der Waals surface area contributed by atoms with Crippen LogP contribution in [0.3, 0.4) is 0 Å². The van der Waals surface area contributed by atoms with Crippen LogP contribution in [0.1, 0.15) is 27.9 Å². The molecule has 3 heteroatoms. The van der Waals surface area contributed by atoms with Crippen molar-refractivity contribution < 1.29 is 9.53 Å². The van der Waals surface area contributed by atoms with Crippen LogP contribution in [0.5, 0.6) is 0 Å². The van der Waals surface area contributed by atoms with E-state index in [4.69, 9.17) is 4.74 Å². The summed E-state index contributed by atoms with van der Waals surface area (Å²) in [5.41, 5.74) is 3.68. The molecule has 0 N–H and O–H groups in total. The first-order valence-corrected chi connectivity index (χ1v) is 6.78. The fourth-order valence-corrected chi connectivity index (χ4v) is 2.80. The number of carbonyl (C=O) groups excluding carboxylic acids is 1. The number of ether oxygens (including phenoxy) is 1. The minimum Gasteiger partial charge on any atom is -0.379 e. The minimum atomic E-state index is 0.242. The number of benzene rings is 1. The second kappa shape index (κ2) is 5.21. The second-order valence-electron chi connectivity index (χ2n) is 5.15. The van der Waals surface area contributed by atoms with Gasteiger partial charge in [0, 0.05) is 18.7 Å². The molecule has 1 aromatic rings. The molecule has 0 bridgehead atoms. The topological polar surface area (TPSA) is 29.5 Å². The van der Waals surface area contributed by atoms with E-state index in [0.717, 1.165) is 38.3 Å². The zero-order valence-corrected chi connectivity index (χ0v) is 10.7. The van der Waals surface area contributed by atoms with E-state index in [1.54, 1.807) is 0 Å². The van der Waals surface area contributed by atoms with Gasteiger partial charge in [-0.2, -0.15) is 0 Å². The first-order chi connectivity index (χ1) is 8.83. The molecule has 1 fully saturated rings. The van der Waals surface area contributed by atoms with E-state index < -0.39 is 0 Å². The molecule has 1 aromatic carbocycles.